The molecule has 0 fully saturated rings. The molecule has 0 saturated heterocycles. The van der Waals surface area contributed by atoms with Crippen LogP contribution in [0.15, 0.2) is 108 Å². The van der Waals surface area contributed by atoms with Crippen molar-refractivity contribution < 1.29 is 17.5 Å². The van der Waals surface area contributed by atoms with E-state index in [0.29, 0.717) is 0 Å². The number of pyridine rings is 1. The van der Waals surface area contributed by atoms with Gasteiger partial charge in [-0.15, -0.1) is 0 Å². The summed E-state index contributed by atoms with van der Waals surface area (Å²) in [7, 11) is -4.30. The second-order valence-corrected chi connectivity index (χ2v) is 13.8. The van der Waals surface area contributed by atoms with Crippen molar-refractivity contribution in [2.45, 2.75) is 64.2 Å². The zero-order valence-electron chi connectivity index (χ0n) is 26.7. The number of aryl methyl sites for hydroxylation is 1. The summed E-state index contributed by atoms with van der Waals surface area (Å²) >= 11 is 0. The van der Waals surface area contributed by atoms with Crippen LogP contribution in [0.5, 0.6) is 0 Å². The average Bonchev–Trinajstić information content (AvgIpc) is 3.33. The first-order chi connectivity index (χ1) is 20.8. The zero-order chi connectivity index (χ0) is 31.9. The van der Waals surface area contributed by atoms with Gasteiger partial charge in [0, 0.05) is 53.4 Å². The fourth-order valence-corrected chi connectivity index (χ4v) is 7.07. The molecule has 0 saturated carbocycles. The van der Waals surface area contributed by atoms with Crippen LogP contribution < -0.4 is 4.90 Å². The molecule has 2 aromatic carbocycles. The molecule has 3 heterocycles. The normalized spacial score (nSPS) is 18.6. The molecular formula is C37H42N3O3S+. The number of rotatable bonds is 8. The lowest BCUT2D eigenvalue weighted by Crippen LogP contribution is -2.27. The standard InChI is InChI=1S/C37H41N3O3S/c1-8-39-32-18-16-26(3)24-30(32)36(4,5)34(39)14-10-12-27(28-20-22-38-23-21-28)13-11-15-35-37(6,7)31-25-29(44(41,42)43)17-19-33(31)40(35)9-2/h10-25H,8-9H2,1-7H3/p+1. The first kappa shape index (κ1) is 31.4. The van der Waals surface area contributed by atoms with Gasteiger partial charge in [0.05, 0.1) is 10.3 Å². The fourth-order valence-electron chi connectivity index (χ4n) is 6.56. The molecular weight excluding hydrogens is 566 g/mol. The van der Waals surface area contributed by atoms with Gasteiger partial charge < -0.3 is 4.90 Å². The zero-order valence-corrected chi connectivity index (χ0v) is 27.5. The van der Waals surface area contributed by atoms with Crippen LogP contribution in [0.2, 0.25) is 0 Å². The number of fused-ring (bicyclic) bond motifs is 2. The van der Waals surface area contributed by atoms with Crippen LogP contribution in [0.3, 0.4) is 0 Å². The first-order valence-electron chi connectivity index (χ1n) is 15.1. The van der Waals surface area contributed by atoms with E-state index in [2.05, 4.69) is 118 Å². The van der Waals surface area contributed by atoms with Gasteiger partial charge >= 0.3 is 0 Å². The molecule has 0 radical (unpaired) electrons. The van der Waals surface area contributed by atoms with Gasteiger partial charge in [-0.1, -0.05) is 55.8 Å². The third-order valence-electron chi connectivity index (χ3n) is 8.91. The van der Waals surface area contributed by atoms with E-state index in [1.165, 1.54) is 28.6 Å². The Morgan fingerprint density at radius 3 is 2.34 bits per heavy atom. The lowest BCUT2D eigenvalue weighted by Gasteiger charge is -2.25. The number of aromatic nitrogens is 1. The van der Waals surface area contributed by atoms with Crippen molar-refractivity contribution in [3.63, 3.8) is 0 Å². The smallest absolute Gasteiger partial charge is 0.294 e. The van der Waals surface area contributed by atoms with E-state index in [4.69, 9.17) is 0 Å². The van der Waals surface area contributed by atoms with E-state index in [9.17, 15) is 13.0 Å². The van der Waals surface area contributed by atoms with Crippen molar-refractivity contribution in [2.24, 2.45) is 0 Å². The highest BCUT2D eigenvalue weighted by atomic mass is 32.2. The minimum atomic E-state index is -4.30. The van der Waals surface area contributed by atoms with Gasteiger partial charge in [0.15, 0.2) is 5.71 Å². The van der Waals surface area contributed by atoms with Crippen LogP contribution in [0.1, 0.15) is 63.8 Å². The van der Waals surface area contributed by atoms with E-state index in [-0.39, 0.29) is 10.3 Å². The van der Waals surface area contributed by atoms with Crippen molar-refractivity contribution in [3.8, 4) is 0 Å². The third-order valence-corrected chi connectivity index (χ3v) is 9.76. The number of anilines is 1. The Balaban J connectivity index is 1.51. The van der Waals surface area contributed by atoms with E-state index in [1.807, 2.05) is 12.1 Å². The predicted molar refractivity (Wildman–Crippen MR) is 181 cm³/mol. The third kappa shape index (κ3) is 5.62. The maximum Gasteiger partial charge on any atom is 0.294 e. The molecule has 228 valence electrons. The van der Waals surface area contributed by atoms with E-state index < -0.39 is 15.5 Å². The van der Waals surface area contributed by atoms with Crippen molar-refractivity contribution in [2.75, 3.05) is 18.0 Å². The van der Waals surface area contributed by atoms with Gasteiger partial charge in [-0.25, -0.2) is 0 Å². The molecule has 0 bridgehead atoms. The van der Waals surface area contributed by atoms with Gasteiger partial charge in [-0.05, 0) is 87.7 Å². The molecule has 0 atom stereocenters. The fraction of sp³-hybridized carbons (Fsp3) is 0.297. The molecule has 0 amide bonds. The Bertz CT molecular complexity index is 1860. The summed E-state index contributed by atoms with van der Waals surface area (Å²) in [5, 5.41) is 0. The Labute approximate surface area is 262 Å². The van der Waals surface area contributed by atoms with Gasteiger partial charge in [-0.2, -0.15) is 13.0 Å². The minimum absolute atomic E-state index is 0.0879. The summed E-state index contributed by atoms with van der Waals surface area (Å²) in [6.07, 6.45) is 16.4. The Morgan fingerprint density at radius 1 is 0.955 bits per heavy atom. The largest absolute Gasteiger partial charge is 0.344 e. The summed E-state index contributed by atoms with van der Waals surface area (Å²) < 4.78 is 35.6. The first-order valence-corrected chi connectivity index (χ1v) is 16.6. The van der Waals surface area contributed by atoms with Crippen molar-refractivity contribution >= 4 is 32.8 Å². The highest BCUT2D eigenvalue weighted by Crippen LogP contribution is 2.48. The van der Waals surface area contributed by atoms with Gasteiger partial charge in [0.2, 0.25) is 5.69 Å². The van der Waals surface area contributed by atoms with Gasteiger partial charge in [0.25, 0.3) is 10.1 Å². The molecule has 0 spiro atoms. The number of hydrogen-bond donors (Lipinski definition) is 1. The molecule has 2 aliphatic rings. The SMILES string of the molecule is CCN1C(=CC=CC(=CC=CC2=[N+](CC)c3ccc(S(=O)(=O)O)cc3C2(C)C)c2ccncc2)C(C)(C)c2cc(C)ccc21. The van der Waals surface area contributed by atoms with Crippen molar-refractivity contribution in [3.05, 3.63) is 125 Å². The van der Waals surface area contributed by atoms with Crippen molar-refractivity contribution in [1.82, 2.24) is 4.98 Å². The topological polar surface area (TPSA) is 73.5 Å². The second kappa shape index (κ2) is 11.8. The number of allylic oxidation sites excluding steroid dienone is 8. The molecule has 1 aromatic heterocycles. The van der Waals surface area contributed by atoms with Crippen LogP contribution in [0, 0.1) is 6.92 Å². The molecule has 7 heteroatoms. The summed E-state index contributed by atoms with van der Waals surface area (Å²) in [4.78, 5) is 6.53. The molecule has 2 aliphatic heterocycles. The van der Waals surface area contributed by atoms with Crippen LogP contribution >= 0.6 is 0 Å². The number of nitrogens with zero attached hydrogens (tertiary/aromatic N) is 3. The lowest BCUT2D eigenvalue weighted by molar-refractivity contribution is -0.433. The highest BCUT2D eigenvalue weighted by Gasteiger charge is 2.44. The van der Waals surface area contributed by atoms with E-state index >= 15 is 0 Å². The van der Waals surface area contributed by atoms with Gasteiger partial charge in [-0.3, -0.25) is 9.54 Å². The summed E-state index contributed by atoms with van der Waals surface area (Å²) in [6, 6.07) is 15.6. The number of benzene rings is 2. The molecule has 0 aliphatic carbocycles. The van der Waals surface area contributed by atoms with Crippen LogP contribution in [0.4, 0.5) is 11.4 Å². The van der Waals surface area contributed by atoms with E-state index in [1.54, 1.807) is 24.5 Å². The monoisotopic (exact) mass is 608 g/mol. The quantitative estimate of drug-likeness (QED) is 0.160. The highest BCUT2D eigenvalue weighted by molar-refractivity contribution is 7.85. The summed E-state index contributed by atoms with van der Waals surface area (Å²) in [6.45, 7) is 16.8. The molecule has 0 unspecified atom stereocenters. The average molecular weight is 609 g/mol. The Kier molecular flexibility index (Phi) is 8.40. The summed E-state index contributed by atoms with van der Waals surface area (Å²) in [5.74, 6) is 0. The molecule has 1 N–H and O–H groups in total. The predicted octanol–water partition coefficient (Wildman–Crippen LogP) is 7.93. The molecule has 44 heavy (non-hydrogen) atoms. The summed E-state index contributed by atoms with van der Waals surface area (Å²) in [5.41, 5.74) is 9.57. The Morgan fingerprint density at radius 2 is 1.68 bits per heavy atom. The lowest BCUT2D eigenvalue weighted by atomic mass is 9.81. The maximum atomic E-state index is 11.9. The second-order valence-electron chi connectivity index (χ2n) is 12.4. The minimum Gasteiger partial charge on any atom is -0.344 e. The van der Waals surface area contributed by atoms with Crippen LogP contribution in [-0.2, 0) is 20.9 Å². The Hall–Kier alpha value is -4.07. The van der Waals surface area contributed by atoms with Gasteiger partial charge in [0.1, 0.15) is 6.54 Å². The number of hydrogen-bond acceptors (Lipinski definition) is 4. The van der Waals surface area contributed by atoms with Crippen LogP contribution in [0.25, 0.3) is 5.57 Å². The number of likely N-dealkylation sites (N-methyl/N-ethyl adjacent to an activating group) is 1. The molecule has 6 nitrogen and oxygen atoms in total. The maximum absolute atomic E-state index is 11.9. The molecule has 5 rings (SSSR count). The van der Waals surface area contributed by atoms with E-state index in [0.717, 1.165) is 41.2 Å². The van der Waals surface area contributed by atoms with Crippen LogP contribution in [-0.4, -0.2) is 41.3 Å². The van der Waals surface area contributed by atoms with Crippen molar-refractivity contribution in [1.29, 1.82) is 0 Å². The molecule has 3 aromatic rings.